The van der Waals surface area contributed by atoms with Crippen LogP contribution in [0.15, 0.2) is 24.4 Å². The number of aryl methyl sites for hydroxylation is 1. The van der Waals surface area contributed by atoms with Crippen LogP contribution >= 0.6 is 11.5 Å². The van der Waals surface area contributed by atoms with E-state index >= 15 is 0 Å². The predicted octanol–water partition coefficient (Wildman–Crippen LogP) is 5.46. The topological polar surface area (TPSA) is 51.0 Å². The summed E-state index contributed by atoms with van der Waals surface area (Å²) >= 11 is 1.38. The van der Waals surface area contributed by atoms with Gasteiger partial charge in [-0.25, -0.2) is 4.98 Å². The van der Waals surface area contributed by atoms with Gasteiger partial charge >= 0.3 is 0 Å². The molecule has 1 aromatic carbocycles. The third kappa shape index (κ3) is 4.33. The van der Waals surface area contributed by atoms with Crippen LogP contribution in [-0.2, 0) is 19.5 Å². The average molecular weight is 437 g/mol. The van der Waals surface area contributed by atoms with Crippen LogP contribution in [-0.4, -0.2) is 37.7 Å². The molecule has 5 nitrogen and oxygen atoms in total. The summed E-state index contributed by atoms with van der Waals surface area (Å²) in [4.78, 5) is 20.5. The molecule has 0 unspecified atom stereocenters. The first-order chi connectivity index (χ1) is 15.2. The van der Waals surface area contributed by atoms with E-state index in [1.807, 2.05) is 0 Å². The van der Waals surface area contributed by atoms with Gasteiger partial charge in [0.15, 0.2) is 0 Å². The molecule has 1 aliphatic carbocycles. The molecule has 2 aliphatic rings. The summed E-state index contributed by atoms with van der Waals surface area (Å²) in [5.74, 6) is 1.03. The molecule has 2 fully saturated rings. The Balaban J connectivity index is 1.46. The number of fused-ring (bicyclic) bond motifs is 1. The predicted molar refractivity (Wildman–Crippen MR) is 126 cm³/mol. The van der Waals surface area contributed by atoms with Gasteiger partial charge in [0.25, 0.3) is 0 Å². The molecular weight excluding hydrogens is 404 g/mol. The zero-order valence-electron chi connectivity index (χ0n) is 18.5. The Morgan fingerprint density at radius 2 is 1.94 bits per heavy atom. The third-order valence-electron chi connectivity index (χ3n) is 7.02. The lowest BCUT2D eigenvalue weighted by atomic mass is 9.89. The molecule has 0 radical (unpaired) electrons. The highest BCUT2D eigenvalue weighted by molar-refractivity contribution is 7.05. The van der Waals surface area contributed by atoms with Gasteiger partial charge in [-0.2, -0.15) is 4.37 Å². The molecule has 3 aromatic rings. The molecule has 0 bridgehead atoms. The fourth-order valence-corrected chi connectivity index (χ4v) is 6.04. The second kappa shape index (κ2) is 9.21. The van der Waals surface area contributed by atoms with Crippen LogP contribution in [0.5, 0.6) is 0 Å². The minimum atomic E-state index is -0.0374. The van der Waals surface area contributed by atoms with Crippen LogP contribution in [0, 0.1) is 5.92 Å². The third-order valence-corrected chi connectivity index (χ3v) is 7.71. The molecule has 6 heteroatoms. The largest absolute Gasteiger partial charge is 0.346 e. The molecule has 0 N–H and O–H groups in total. The molecule has 0 amide bonds. The maximum Gasteiger partial charge on any atom is 0.233 e. The van der Waals surface area contributed by atoms with Crippen molar-refractivity contribution in [3.05, 3.63) is 46.4 Å². The SMILES string of the molecule is CCc1cccc2c(C(=O)c3nsc(CN4CCCC4)n3)cn(CC3CCCCC3)c12. The number of hydrogen-bond donors (Lipinski definition) is 0. The lowest BCUT2D eigenvalue weighted by Crippen LogP contribution is -2.18. The number of ketones is 1. The number of hydrogen-bond acceptors (Lipinski definition) is 5. The van der Waals surface area contributed by atoms with Crippen LogP contribution in [0.3, 0.4) is 0 Å². The van der Waals surface area contributed by atoms with Gasteiger partial charge in [-0.3, -0.25) is 9.69 Å². The summed E-state index contributed by atoms with van der Waals surface area (Å²) in [5, 5.41) is 2.00. The highest BCUT2D eigenvalue weighted by atomic mass is 32.1. The van der Waals surface area contributed by atoms with Crippen LogP contribution in [0.4, 0.5) is 0 Å². The Hall–Kier alpha value is -2.05. The number of carbonyl (C=O) groups excluding carboxylic acids is 1. The molecular formula is C25H32N4OS. The fourth-order valence-electron chi connectivity index (χ4n) is 5.36. The van der Waals surface area contributed by atoms with Crippen molar-refractivity contribution in [2.24, 2.45) is 5.92 Å². The smallest absolute Gasteiger partial charge is 0.233 e. The Morgan fingerprint density at radius 3 is 2.71 bits per heavy atom. The normalized spacial score (nSPS) is 18.2. The molecule has 3 heterocycles. The first-order valence-corrected chi connectivity index (χ1v) is 12.7. The zero-order chi connectivity index (χ0) is 21.2. The van der Waals surface area contributed by atoms with Crippen molar-refractivity contribution < 1.29 is 4.79 Å². The van der Waals surface area contributed by atoms with Crippen molar-refractivity contribution in [2.45, 2.75) is 71.4 Å². The minimum Gasteiger partial charge on any atom is -0.346 e. The first kappa shape index (κ1) is 20.8. The molecule has 0 spiro atoms. The van der Waals surface area contributed by atoms with E-state index in [9.17, 15) is 4.79 Å². The number of nitrogens with zero attached hydrogens (tertiary/aromatic N) is 4. The summed E-state index contributed by atoms with van der Waals surface area (Å²) in [6.07, 6.45) is 12.2. The molecule has 1 saturated carbocycles. The summed E-state index contributed by atoms with van der Waals surface area (Å²) in [5.41, 5.74) is 3.30. The van der Waals surface area contributed by atoms with Gasteiger partial charge in [-0.1, -0.05) is 44.4 Å². The Kier molecular flexibility index (Phi) is 6.19. The quantitative estimate of drug-likeness (QED) is 0.461. The van der Waals surface area contributed by atoms with Gasteiger partial charge in [0, 0.05) is 18.1 Å². The lowest BCUT2D eigenvalue weighted by Gasteiger charge is -2.22. The van der Waals surface area contributed by atoms with Crippen LogP contribution in [0.2, 0.25) is 0 Å². The summed E-state index contributed by atoms with van der Waals surface area (Å²) in [6.45, 7) is 6.26. The number of aromatic nitrogens is 3. The Bertz CT molecular complexity index is 1060. The summed E-state index contributed by atoms with van der Waals surface area (Å²) in [6, 6.07) is 6.37. The van der Waals surface area contributed by atoms with E-state index < -0.39 is 0 Å². The van der Waals surface area contributed by atoms with E-state index in [0.717, 1.165) is 48.6 Å². The van der Waals surface area contributed by atoms with Crippen LogP contribution in [0.25, 0.3) is 10.9 Å². The average Bonchev–Trinajstić information content (AvgIpc) is 3.55. The second-order valence-corrected chi connectivity index (χ2v) is 10.0. The van der Waals surface area contributed by atoms with Crippen LogP contribution < -0.4 is 0 Å². The first-order valence-electron chi connectivity index (χ1n) is 11.9. The van der Waals surface area contributed by atoms with Crippen molar-refractivity contribution in [2.75, 3.05) is 13.1 Å². The number of carbonyl (C=O) groups is 1. The van der Waals surface area contributed by atoms with Crippen molar-refractivity contribution in [3.8, 4) is 0 Å². The monoisotopic (exact) mass is 436 g/mol. The Labute approximate surface area is 188 Å². The summed E-state index contributed by atoms with van der Waals surface area (Å²) in [7, 11) is 0. The van der Waals surface area contributed by atoms with Gasteiger partial charge < -0.3 is 4.57 Å². The van der Waals surface area contributed by atoms with E-state index in [1.54, 1.807) is 0 Å². The van der Waals surface area contributed by atoms with Gasteiger partial charge in [0.1, 0.15) is 5.01 Å². The van der Waals surface area contributed by atoms with E-state index in [0.29, 0.717) is 11.7 Å². The highest BCUT2D eigenvalue weighted by Gasteiger charge is 2.24. The lowest BCUT2D eigenvalue weighted by molar-refractivity contribution is 0.103. The minimum absolute atomic E-state index is 0.0374. The van der Waals surface area contributed by atoms with Gasteiger partial charge in [-0.05, 0) is 68.2 Å². The molecule has 1 saturated heterocycles. The molecule has 31 heavy (non-hydrogen) atoms. The van der Waals surface area contributed by atoms with E-state index in [1.165, 1.54) is 67.6 Å². The zero-order valence-corrected chi connectivity index (χ0v) is 19.3. The highest BCUT2D eigenvalue weighted by Crippen LogP contribution is 2.31. The summed E-state index contributed by atoms with van der Waals surface area (Å²) < 4.78 is 6.81. The molecule has 2 aromatic heterocycles. The number of rotatable bonds is 7. The maximum atomic E-state index is 13.5. The van der Waals surface area contributed by atoms with Crippen molar-refractivity contribution >= 4 is 28.2 Å². The van der Waals surface area contributed by atoms with E-state index in [4.69, 9.17) is 0 Å². The maximum absolute atomic E-state index is 13.5. The van der Waals surface area contributed by atoms with E-state index in [-0.39, 0.29) is 5.78 Å². The number of para-hydroxylation sites is 1. The number of benzene rings is 1. The van der Waals surface area contributed by atoms with Gasteiger partial charge in [-0.15, -0.1) is 0 Å². The standard InChI is InChI=1S/C25H32N4OS/c1-2-19-11-8-12-20-21(16-29(23(19)20)15-18-9-4-3-5-10-18)24(30)25-26-22(31-27-25)17-28-13-6-7-14-28/h8,11-12,16,18H,2-7,9-10,13-15,17H2,1H3. The number of likely N-dealkylation sites (tertiary alicyclic amines) is 1. The van der Waals surface area contributed by atoms with Gasteiger partial charge in [0.2, 0.25) is 11.6 Å². The van der Waals surface area contributed by atoms with Gasteiger partial charge in [0.05, 0.1) is 17.6 Å². The second-order valence-electron chi connectivity index (χ2n) is 9.19. The van der Waals surface area contributed by atoms with Crippen molar-refractivity contribution in [3.63, 3.8) is 0 Å². The van der Waals surface area contributed by atoms with E-state index in [2.05, 4.69) is 50.1 Å². The van der Waals surface area contributed by atoms with Crippen molar-refractivity contribution in [1.82, 2.24) is 18.8 Å². The fraction of sp³-hybridized carbons (Fsp3) is 0.560. The molecule has 5 rings (SSSR count). The Morgan fingerprint density at radius 1 is 1.13 bits per heavy atom. The molecule has 164 valence electrons. The van der Waals surface area contributed by atoms with Crippen molar-refractivity contribution in [1.29, 1.82) is 0 Å². The van der Waals surface area contributed by atoms with Crippen LogP contribution in [0.1, 0.15) is 78.6 Å². The molecule has 0 atom stereocenters. The molecule has 1 aliphatic heterocycles.